The molecule has 5 heteroatoms. The average Bonchev–Trinajstić information content (AvgIpc) is 2.37. The summed E-state index contributed by atoms with van der Waals surface area (Å²) in [4.78, 5) is 34.7. The van der Waals surface area contributed by atoms with Crippen LogP contribution in [0, 0.1) is 0 Å². The van der Waals surface area contributed by atoms with Crippen LogP contribution in [0.1, 0.15) is 27.6 Å². The molecule has 2 aromatic rings. The van der Waals surface area contributed by atoms with Crippen molar-refractivity contribution in [3.05, 3.63) is 45.8 Å². The van der Waals surface area contributed by atoms with E-state index in [4.69, 9.17) is 4.42 Å². The fourth-order valence-electron chi connectivity index (χ4n) is 1.69. The number of hydrogen-bond donors (Lipinski definition) is 0. The van der Waals surface area contributed by atoms with Gasteiger partial charge in [-0.2, -0.15) is 0 Å². The molecule has 1 aromatic carbocycles. The van der Waals surface area contributed by atoms with Crippen molar-refractivity contribution >= 4 is 22.7 Å². The van der Waals surface area contributed by atoms with Gasteiger partial charge in [0.15, 0.2) is 11.2 Å². The maximum absolute atomic E-state index is 11.7. The Balaban J connectivity index is 2.88. The van der Waals surface area contributed by atoms with Crippen molar-refractivity contribution in [3.63, 3.8) is 0 Å². The molecule has 0 saturated heterocycles. The first-order valence-electron chi connectivity index (χ1n) is 5.19. The van der Waals surface area contributed by atoms with Crippen LogP contribution in [-0.2, 0) is 4.74 Å². The highest BCUT2D eigenvalue weighted by molar-refractivity contribution is 6.07. The van der Waals surface area contributed by atoms with Gasteiger partial charge >= 0.3 is 5.97 Å². The number of esters is 1. The highest BCUT2D eigenvalue weighted by atomic mass is 16.5. The Labute approximate surface area is 102 Å². The zero-order valence-electron chi connectivity index (χ0n) is 9.85. The smallest absolute Gasteiger partial charge is 0.337 e. The van der Waals surface area contributed by atoms with Crippen molar-refractivity contribution in [2.24, 2.45) is 0 Å². The lowest BCUT2D eigenvalue weighted by molar-refractivity contribution is 0.0601. The molecular formula is C13H10O5. The van der Waals surface area contributed by atoms with Crippen molar-refractivity contribution in [1.82, 2.24) is 0 Å². The lowest BCUT2D eigenvalue weighted by Crippen LogP contribution is -2.08. The maximum atomic E-state index is 11.7. The minimum atomic E-state index is -0.609. The van der Waals surface area contributed by atoms with E-state index in [2.05, 4.69) is 4.74 Å². The second-order valence-corrected chi connectivity index (χ2v) is 3.73. The third kappa shape index (κ3) is 1.90. The summed E-state index contributed by atoms with van der Waals surface area (Å²) >= 11 is 0. The van der Waals surface area contributed by atoms with E-state index in [0.717, 1.165) is 0 Å². The van der Waals surface area contributed by atoms with Gasteiger partial charge in [0, 0.05) is 6.07 Å². The van der Waals surface area contributed by atoms with Crippen LogP contribution in [0.15, 0.2) is 33.7 Å². The highest BCUT2D eigenvalue weighted by Gasteiger charge is 2.16. The molecule has 0 aliphatic carbocycles. The van der Waals surface area contributed by atoms with Gasteiger partial charge in [-0.15, -0.1) is 0 Å². The molecule has 0 N–H and O–H groups in total. The van der Waals surface area contributed by atoms with Gasteiger partial charge in [-0.1, -0.05) is 0 Å². The summed E-state index contributed by atoms with van der Waals surface area (Å²) in [5.41, 5.74) is 0.200. The van der Waals surface area contributed by atoms with Crippen LogP contribution in [0.3, 0.4) is 0 Å². The molecule has 0 unspecified atom stereocenters. The van der Waals surface area contributed by atoms with E-state index in [1.165, 1.54) is 38.5 Å². The van der Waals surface area contributed by atoms with Gasteiger partial charge in [-0.05, 0) is 19.1 Å². The van der Waals surface area contributed by atoms with Crippen molar-refractivity contribution in [2.45, 2.75) is 6.92 Å². The number of hydrogen-bond acceptors (Lipinski definition) is 5. The third-order valence-electron chi connectivity index (χ3n) is 2.56. The van der Waals surface area contributed by atoms with Crippen LogP contribution >= 0.6 is 0 Å². The first-order valence-corrected chi connectivity index (χ1v) is 5.19. The van der Waals surface area contributed by atoms with Crippen LogP contribution in [0.25, 0.3) is 11.0 Å². The molecule has 0 fully saturated rings. The minimum absolute atomic E-state index is 0.147. The second-order valence-electron chi connectivity index (χ2n) is 3.73. The molecule has 92 valence electrons. The number of Topliss-reactive ketones (excluding diaryl/α,β-unsaturated/α-hetero) is 1. The zero-order chi connectivity index (χ0) is 13.3. The molecule has 0 aliphatic rings. The van der Waals surface area contributed by atoms with E-state index >= 15 is 0 Å². The van der Waals surface area contributed by atoms with Crippen LogP contribution in [0.5, 0.6) is 0 Å². The summed E-state index contributed by atoms with van der Waals surface area (Å²) in [6.07, 6.45) is 1.22. The van der Waals surface area contributed by atoms with Crippen LogP contribution in [0.2, 0.25) is 0 Å². The number of benzene rings is 1. The Morgan fingerprint density at radius 1 is 1.28 bits per heavy atom. The molecule has 1 heterocycles. The van der Waals surface area contributed by atoms with Gasteiger partial charge in [0.2, 0.25) is 0 Å². The summed E-state index contributed by atoms with van der Waals surface area (Å²) in [6.45, 7) is 1.34. The second kappa shape index (κ2) is 4.44. The van der Waals surface area contributed by atoms with E-state index < -0.39 is 5.97 Å². The molecule has 0 bridgehead atoms. The molecule has 18 heavy (non-hydrogen) atoms. The molecular weight excluding hydrogens is 236 g/mol. The van der Waals surface area contributed by atoms with E-state index in [-0.39, 0.29) is 33.3 Å². The molecule has 0 saturated carbocycles. The van der Waals surface area contributed by atoms with Gasteiger partial charge in [0.1, 0.15) is 5.58 Å². The van der Waals surface area contributed by atoms with Gasteiger partial charge in [0.05, 0.1) is 29.9 Å². The molecule has 0 spiro atoms. The molecule has 2 rings (SSSR count). The Morgan fingerprint density at radius 3 is 2.61 bits per heavy atom. The summed E-state index contributed by atoms with van der Waals surface area (Å²) in [5.74, 6) is -0.900. The summed E-state index contributed by atoms with van der Waals surface area (Å²) < 4.78 is 9.76. The first-order chi connectivity index (χ1) is 8.54. The topological polar surface area (TPSA) is 73.6 Å². The number of carbonyl (C=O) groups is 2. The van der Waals surface area contributed by atoms with Gasteiger partial charge in [-0.25, -0.2) is 4.79 Å². The maximum Gasteiger partial charge on any atom is 0.337 e. The zero-order valence-corrected chi connectivity index (χ0v) is 9.85. The minimum Gasteiger partial charge on any atom is -0.465 e. The number of ether oxygens (including phenoxy) is 1. The van der Waals surface area contributed by atoms with E-state index in [0.29, 0.717) is 0 Å². The summed E-state index contributed by atoms with van der Waals surface area (Å²) in [5, 5.41) is 0.186. The van der Waals surface area contributed by atoms with Gasteiger partial charge < -0.3 is 9.15 Å². The molecule has 0 radical (unpaired) electrons. The standard InChI is InChI=1S/C13H10O5/c1-7(14)9-5-8(13(16)17-2)6-10-11(15)3-4-18-12(9)10/h3-6H,1-2H3. The number of methoxy groups -OCH3 is 1. The van der Waals surface area contributed by atoms with E-state index in [1.54, 1.807) is 0 Å². The fourth-order valence-corrected chi connectivity index (χ4v) is 1.69. The predicted octanol–water partition coefficient (Wildman–Crippen LogP) is 1.78. The van der Waals surface area contributed by atoms with Crippen molar-refractivity contribution in [2.75, 3.05) is 7.11 Å². The number of rotatable bonds is 2. The predicted molar refractivity (Wildman–Crippen MR) is 63.8 cm³/mol. The van der Waals surface area contributed by atoms with Crippen molar-refractivity contribution in [1.29, 1.82) is 0 Å². The Hall–Kier alpha value is -2.43. The lowest BCUT2D eigenvalue weighted by Gasteiger charge is -2.05. The SMILES string of the molecule is COC(=O)c1cc(C(C)=O)c2occc(=O)c2c1. The van der Waals surface area contributed by atoms with Gasteiger partial charge in [0.25, 0.3) is 0 Å². The Kier molecular flexibility index (Phi) is 2.97. The average molecular weight is 246 g/mol. The van der Waals surface area contributed by atoms with Crippen LogP contribution < -0.4 is 5.43 Å². The van der Waals surface area contributed by atoms with Gasteiger partial charge in [-0.3, -0.25) is 9.59 Å². The van der Waals surface area contributed by atoms with E-state index in [9.17, 15) is 14.4 Å². The highest BCUT2D eigenvalue weighted by Crippen LogP contribution is 2.19. The quantitative estimate of drug-likeness (QED) is 0.596. The van der Waals surface area contributed by atoms with Crippen molar-refractivity contribution in [3.8, 4) is 0 Å². The molecule has 5 nitrogen and oxygen atoms in total. The monoisotopic (exact) mass is 246 g/mol. The molecule has 0 amide bonds. The first kappa shape index (κ1) is 12.0. The normalized spacial score (nSPS) is 10.3. The summed E-state index contributed by atoms with van der Waals surface area (Å²) in [6, 6.07) is 3.95. The van der Waals surface area contributed by atoms with Crippen molar-refractivity contribution < 1.29 is 18.7 Å². The Morgan fingerprint density at radius 2 is 2.00 bits per heavy atom. The van der Waals surface area contributed by atoms with Crippen LogP contribution in [0.4, 0.5) is 0 Å². The lowest BCUT2D eigenvalue weighted by atomic mass is 10.0. The number of fused-ring (bicyclic) bond motifs is 1. The molecule has 0 aliphatic heterocycles. The fraction of sp³-hybridized carbons (Fsp3) is 0.154. The van der Waals surface area contributed by atoms with Crippen LogP contribution in [-0.4, -0.2) is 18.9 Å². The number of ketones is 1. The van der Waals surface area contributed by atoms with E-state index in [1.807, 2.05) is 0 Å². The summed E-state index contributed by atoms with van der Waals surface area (Å²) in [7, 11) is 1.23. The third-order valence-corrected chi connectivity index (χ3v) is 2.56. The molecule has 1 aromatic heterocycles. The Bertz CT molecular complexity index is 696. The number of carbonyl (C=O) groups excluding carboxylic acids is 2. The largest absolute Gasteiger partial charge is 0.465 e. The molecule has 0 atom stereocenters.